The Morgan fingerprint density at radius 2 is 2.23 bits per heavy atom. The molecular formula is C12H10N4O4S2. The Hall–Kier alpha value is -2.51. The van der Waals surface area contributed by atoms with Crippen molar-refractivity contribution in [2.75, 3.05) is 11.6 Å². The highest BCUT2D eigenvalue weighted by atomic mass is 32.2. The maximum absolute atomic E-state index is 12.0. The van der Waals surface area contributed by atoms with E-state index in [1.165, 1.54) is 6.08 Å². The Balaban J connectivity index is 2.18. The third-order valence-electron chi connectivity index (χ3n) is 2.37. The van der Waals surface area contributed by atoms with Gasteiger partial charge in [0.15, 0.2) is 0 Å². The van der Waals surface area contributed by atoms with E-state index in [0.717, 1.165) is 6.26 Å². The number of carbonyl (C=O) groups is 1. The standard InChI is InChI=1S/C12H10N4O4S2/c1-7-3-4-9(20-7)5-8(6-13)10(17)14-11-15-12(16-21-11)22(2,18)19/h3-5H,1-2H3,(H,14,15,16,17)/b8-5-. The molecule has 2 heterocycles. The van der Waals surface area contributed by atoms with Crippen molar-refractivity contribution in [2.24, 2.45) is 0 Å². The Labute approximate surface area is 130 Å². The number of anilines is 1. The minimum Gasteiger partial charge on any atom is -0.462 e. The zero-order chi connectivity index (χ0) is 16.3. The van der Waals surface area contributed by atoms with Crippen LogP contribution in [-0.4, -0.2) is 29.9 Å². The highest BCUT2D eigenvalue weighted by Crippen LogP contribution is 2.16. The molecule has 0 saturated heterocycles. The van der Waals surface area contributed by atoms with Crippen LogP contribution < -0.4 is 5.32 Å². The highest BCUT2D eigenvalue weighted by molar-refractivity contribution is 7.90. The zero-order valence-corrected chi connectivity index (χ0v) is 13.2. The smallest absolute Gasteiger partial charge is 0.268 e. The molecule has 1 N–H and O–H groups in total. The lowest BCUT2D eigenvalue weighted by molar-refractivity contribution is -0.112. The summed E-state index contributed by atoms with van der Waals surface area (Å²) in [5.74, 6) is 0.275. The van der Waals surface area contributed by atoms with Crippen LogP contribution in [0, 0.1) is 18.3 Å². The summed E-state index contributed by atoms with van der Waals surface area (Å²) >= 11 is 0.711. The van der Waals surface area contributed by atoms with Crippen molar-refractivity contribution in [1.82, 2.24) is 9.36 Å². The molecule has 0 aliphatic heterocycles. The van der Waals surface area contributed by atoms with E-state index in [4.69, 9.17) is 9.68 Å². The minimum absolute atomic E-state index is 0.0119. The predicted octanol–water partition coefficient (Wildman–Crippen LogP) is 1.39. The number of hydrogen-bond donors (Lipinski definition) is 1. The van der Waals surface area contributed by atoms with Gasteiger partial charge in [-0.2, -0.15) is 14.6 Å². The first-order valence-corrected chi connectivity index (χ1v) is 8.49. The van der Waals surface area contributed by atoms with Crippen LogP contribution in [0.2, 0.25) is 0 Å². The number of sulfone groups is 1. The number of nitrogens with zero attached hydrogens (tertiary/aromatic N) is 3. The van der Waals surface area contributed by atoms with Crippen LogP contribution >= 0.6 is 11.5 Å². The van der Waals surface area contributed by atoms with Crippen molar-refractivity contribution in [3.05, 3.63) is 29.2 Å². The number of amides is 1. The lowest BCUT2D eigenvalue weighted by Gasteiger charge is -1.98. The number of hydrogen-bond acceptors (Lipinski definition) is 8. The summed E-state index contributed by atoms with van der Waals surface area (Å²) in [4.78, 5) is 15.6. The van der Waals surface area contributed by atoms with Crippen LogP contribution in [0.25, 0.3) is 6.08 Å². The molecule has 0 spiro atoms. The summed E-state index contributed by atoms with van der Waals surface area (Å²) < 4.78 is 31.4. The van der Waals surface area contributed by atoms with Crippen molar-refractivity contribution < 1.29 is 17.6 Å². The monoisotopic (exact) mass is 338 g/mol. The van der Waals surface area contributed by atoms with E-state index >= 15 is 0 Å². The van der Waals surface area contributed by atoms with Crippen LogP contribution in [0.5, 0.6) is 0 Å². The van der Waals surface area contributed by atoms with Gasteiger partial charge >= 0.3 is 0 Å². The number of furan rings is 1. The molecule has 0 aliphatic rings. The van der Waals surface area contributed by atoms with E-state index in [1.54, 1.807) is 25.1 Å². The van der Waals surface area contributed by atoms with Crippen LogP contribution in [0.4, 0.5) is 5.13 Å². The van der Waals surface area contributed by atoms with Crippen LogP contribution in [0.3, 0.4) is 0 Å². The van der Waals surface area contributed by atoms with Gasteiger partial charge in [-0.25, -0.2) is 8.42 Å². The molecule has 0 atom stereocenters. The topological polar surface area (TPSA) is 126 Å². The number of aromatic nitrogens is 2. The van der Waals surface area contributed by atoms with E-state index in [0.29, 0.717) is 23.1 Å². The van der Waals surface area contributed by atoms with Gasteiger partial charge in [-0.15, -0.1) is 0 Å². The first-order valence-electron chi connectivity index (χ1n) is 5.83. The average Bonchev–Trinajstić information content (AvgIpc) is 3.04. The molecule has 2 aromatic heterocycles. The minimum atomic E-state index is -3.55. The van der Waals surface area contributed by atoms with Gasteiger partial charge in [0.1, 0.15) is 23.2 Å². The maximum atomic E-state index is 12.0. The lowest BCUT2D eigenvalue weighted by Crippen LogP contribution is -2.13. The van der Waals surface area contributed by atoms with E-state index in [9.17, 15) is 13.2 Å². The molecule has 114 valence electrons. The van der Waals surface area contributed by atoms with E-state index < -0.39 is 15.7 Å². The number of nitrogens with one attached hydrogen (secondary N) is 1. The molecule has 0 aromatic carbocycles. The molecule has 0 fully saturated rings. The van der Waals surface area contributed by atoms with E-state index in [-0.39, 0.29) is 15.9 Å². The fourth-order valence-corrected chi connectivity index (χ4v) is 2.84. The molecule has 22 heavy (non-hydrogen) atoms. The van der Waals surface area contributed by atoms with Crippen molar-refractivity contribution in [3.8, 4) is 6.07 Å². The second-order valence-electron chi connectivity index (χ2n) is 4.23. The summed E-state index contributed by atoms with van der Waals surface area (Å²) in [7, 11) is -3.55. The highest BCUT2D eigenvalue weighted by Gasteiger charge is 2.17. The first kappa shape index (κ1) is 15.9. The number of carbonyl (C=O) groups excluding carboxylic acids is 1. The average molecular weight is 338 g/mol. The molecule has 0 unspecified atom stereocenters. The summed E-state index contributed by atoms with van der Waals surface area (Å²) in [6.07, 6.45) is 2.24. The van der Waals surface area contributed by atoms with Gasteiger partial charge in [-0.05, 0) is 19.1 Å². The Morgan fingerprint density at radius 1 is 1.50 bits per heavy atom. The van der Waals surface area contributed by atoms with Crippen molar-refractivity contribution in [1.29, 1.82) is 5.26 Å². The van der Waals surface area contributed by atoms with Crippen molar-refractivity contribution >= 4 is 38.5 Å². The van der Waals surface area contributed by atoms with Gasteiger partial charge in [0, 0.05) is 23.9 Å². The summed E-state index contributed by atoms with van der Waals surface area (Å²) in [5, 5.41) is 11.0. The molecule has 0 aliphatic carbocycles. The maximum Gasteiger partial charge on any atom is 0.268 e. The zero-order valence-electron chi connectivity index (χ0n) is 11.5. The van der Waals surface area contributed by atoms with Crippen molar-refractivity contribution in [2.45, 2.75) is 12.1 Å². The summed E-state index contributed by atoms with van der Waals surface area (Å²) in [6.45, 7) is 1.73. The molecule has 2 rings (SSSR count). The third-order valence-corrected chi connectivity index (χ3v) is 3.96. The Morgan fingerprint density at radius 3 is 2.73 bits per heavy atom. The largest absolute Gasteiger partial charge is 0.462 e. The summed E-state index contributed by atoms with van der Waals surface area (Å²) in [6, 6.07) is 5.06. The van der Waals surface area contributed by atoms with Crippen LogP contribution in [0.15, 0.2) is 27.3 Å². The van der Waals surface area contributed by atoms with Crippen molar-refractivity contribution in [3.63, 3.8) is 0 Å². The molecule has 10 heteroatoms. The van der Waals surface area contributed by atoms with Gasteiger partial charge in [0.25, 0.3) is 11.1 Å². The van der Waals surface area contributed by atoms with E-state index in [2.05, 4.69) is 14.7 Å². The van der Waals surface area contributed by atoms with Gasteiger partial charge in [0.2, 0.25) is 15.0 Å². The second kappa shape index (κ2) is 6.08. The van der Waals surface area contributed by atoms with Crippen LogP contribution in [-0.2, 0) is 14.6 Å². The quantitative estimate of drug-likeness (QED) is 0.659. The predicted molar refractivity (Wildman–Crippen MR) is 78.7 cm³/mol. The molecule has 2 aromatic rings. The molecular weight excluding hydrogens is 328 g/mol. The fourth-order valence-electron chi connectivity index (χ4n) is 1.40. The molecule has 0 saturated carbocycles. The second-order valence-corrected chi connectivity index (χ2v) is 6.89. The Kier molecular flexibility index (Phi) is 4.39. The van der Waals surface area contributed by atoms with Gasteiger partial charge < -0.3 is 4.42 Å². The van der Waals surface area contributed by atoms with Gasteiger partial charge in [-0.3, -0.25) is 10.1 Å². The number of aryl methyl sites for hydroxylation is 1. The molecule has 8 nitrogen and oxygen atoms in total. The van der Waals surface area contributed by atoms with Gasteiger partial charge in [-0.1, -0.05) is 0 Å². The summed E-state index contributed by atoms with van der Waals surface area (Å²) in [5.41, 5.74) is -0.203. The Bertz CT molecular complexity index is 886. The van der Waals surface area contributed by atoms with Gasteiger partial charge in [0.05, 0.1) is 0 Å². The first-order chi connectivity index (χ1) is 10.3. The third kappa shape index (κ3) is 3.78. The fraction of sp³-hybridized carbons (Fsp3) is 0.167. The molecule has 0 radical (unpaired) electrons. The normalized spacial score (nSPS) is 12.0. The number of rotatable bonds is 4. The SMILES string of the molecule is Cc1ccc(/C=C(/C#N)C(=O)Nc2nc(S(C)(=O)=O)ns2)o1. The van der Waals surface area contributed by atoms with Crippen LogP contribution in [0.1, 0.15) is 11.5 Å². The molecule has 0 bridgehead atoms. The van der Waals surface area contributed by atoms with E-state index in [1.807, 2.05) is 0 Å². The molecule has 1 amide bonds. The number of nitriles is 1. The lowest BCUT2D eigenvalue weighted by atomic mass is 10.2.